The van der Waals surface area contributed by atoms with Crippen LogP contribution in [0.5, 0.6) is 5.75 Å². The van der Waals surface area contributed by atoms with Gasteiger partial charge in [0.05, 0.1) is 12.7 Å². The fourth-order valence-corrected chi connectivity index (χ4v) is 2.60. The van der Waals surface area contributed by atoms with Gasteiger partial charge in [-0.2, -0.15) is 0 Å². The summed E-state index contributed by atoms with van der Waals surface area (Å²) in [6.07, 6.45) is 1.99. The second kappa shape index (κ2) is 9.24. The third-order valence-corrected chi connectivity index (χ3v) is 4.47. The highest BCUT2D eigenvalue weighted by Crippen LogP contribution is 2.17. The van der Waals surface area contributed by atoms with Crippen LogP contribution >= 0.6 is 11.8 Å². The number of hydrogen-bond acceptors (Lipinski definition) is 5. The van der Waals surface area contributed by atoms with Gasteiger partial charge in [-0.25, -0.2) is 9.18 Å². The zero-order chi connectivity index (χ0) is 19.1. The number of likely N-dealkylation sites (N-methyl/N-ethyl adjacent to an activating group) is 1. The molecule has 0 bridgehead atoms. The van der Waals surface area contributed by atoms with Crippen LogP contribution in [-0.2, 0) is 16.1 Å². The van der Waals surface area contributed by atoms with Crippen molar-refractivity contribution in [3.8, 4) is 5.75 Å². The highest BCUT2D eigenvalue weighted by molar-refractivity contribution is 7.98. The fraction of sp³-hybridized carbons (Fsp3) is 0.263. The summed E-state index contributed by atoms with van der Waals surface area (Å²) in [6.45, 7) is -0.0638. The molecule has 0 aliphatic carbocycles. The van der Waals surface area contributed by atoms with Gasteiger partial charge in [0, 0.05) is 24.6 Å². The van der Waals surface area contributed by atoms with Crippen molar-refractivity contribution in [1.29, 1.82) is 0 Å². The SMILES string of the molecule is COc1ccc(C(=O)OCC(=O)N(C)Cc2ccc(SC)cc2)c(F)c1. The molecule has 0 N–H and O–H groups in total. The molecular weight excluding hydrogens is 357 g/mol. The Morgan fingerprint density at radius 1 is 1.15 bits per heavy atom. The van der Waals surface area contributed by atoms with E-state index in [1.807, 2.05) is 30.5 Å². The summed E-state index contributed by atoms with van der Waals surface area (Å²) >= 11 is 1.64. The molecule has 0 fully saturated rings. The lowest BCUT2D eigenvalue weighted by molar-refractivity contribution is -0.133. The maximum absolute atomic E-state index is 13.8. The number of ether oxygens (including phenoxy) is 2. The van der Waals surface area contributed by atoms with E-state index in [9.17, 15) is 14.0 Å². The first-order valence-electron chi connectivity index (χ1n) is 7.82. The zero-order valence-corrected chi connectivity index (χ0v) is 15.6. The van der Waals surface area contributed by atoms with Crippen molar-refractivity contribution in [2.45, 2.75) is 11.4 Å². The predicted molar refractivity (Wildman–Crippen MR) is 97.9 cm³/mol. The minimum Gasteiger partial charge on any atom is -0.497 e. The molecule has 2 aromatic rings. The summed E-state index contributed by atoms with van der Waals surface area (Å²) in [5, 5.41) is 0. The summed E-state index contributed by atoms with van der Waals surface area (Å²) < 4.78 is 23.6. The van der Waals surface area contributed by atoms with Crippen molar-refractivity contribution in [2.24, 2.45) is 0 Å². The highest BCUT2D eigenvalue weighted by atomic mass is 32.2. The molecule has 0 radical (unpaired) electrons. The Morgan fingerprint density at radius 3 is 2.42 bits per heavy atom. The molecule has 2 aromatic carbocycles. The fourth-order valence-electron chi connectivity index (χ4n) is 2.20. The van der Waals surface area contributed by atoms with Crippen LogP contribution in [0.4, 0.5) is 4.39 Å². The number of benzene rings is 2. The van der Waals surface area contributed by atoms with Crippen LogP contribution in [0, 0.1) is 5.82 Å². The lowest BCUT2D eigenvalue weighted by Crippen LogP contribution is -2.30. The summed E-state index contributed by atoms with van der Waals surface area (Å²) in [6, 6.07) is 11.6. The molecule has 7 heteroatoms. The maximum atomic E-state index is 13.8. The van der Waals surface area contributed by atoms with Gasteiger partial charge < -0.3 is 14.4 Å². The van der Waals surface area contributed by atoms with Crippen LogP contribution in [0.3, 0.4) is 0 Å². The molecular formula is C19H20FNO4S. The molecule has 1 amide bonds. The van der Waals surface area contributed by atoms with E-state index in [1.165, 1.54) is 24.1 Å². The molecule has 0 aliphatic heterocycles. The number of amides is 1. The summed E-state index contributed by atoms with van der Waals surface area (Å²) in [4.78, 5) is 26.7. The predicted octanol–water partition coefficient (Wildman–Crippen LogP) is 3.37. The monoisotopic (exact) mass is 377 g/mol. The van der Waals surface area contributed by atoms with E-state index in [2.05, 4.69) is 0 Å². The van der Waals surface area contributed by atoms with Crippen molar-refractivity contribution in [1.82, 2.24) is 4.90 Å². The number of halogens is 1. The van der Waals surface area contributed by atoms with E-state index in [0.717, 1.165) is 16.5 Å². The van der Waals surface area contributed by atoms with Crippen molar-refractivity contribution >= 4 is 23.6 Å². The van der Waals surface area contributed by atoms with Crippen molar-refractivity contribution < 1.29 is 23.5 Å². The molecule has 2 rings (SSSR count). The standard InChI is InChI=1S/C19H20FNO4S/c1-21(11-13-4-7-15(26-3)8-5-13)18(22)12-25-19(23)16-9-6-14(24-2)10-17(16)20/h4-10H,11-12H2,1-3H3. The van der Waals surface area contributed by atoms with E-state index in [4.69, 9.17) is 9.47 Å². The minimum atomic E-state index is -0.892. The van der Waals surface area contributed by atoms with E-state index < -0.39 is 18.4 Å². The zero-order valence-electron chi connectivity index (χ0n) is 14.8. The molecule has 138 valence electrons. The topological polar surface area (TPSA) is 55.8 Å². The largest absolute Gasteiger partial charge is 0.497 e. The number of thioether (sulfide) groups is 1. The molecule has 0 heterocycles. The Bertz CT molecular complexity index is 780. The third kappa shape index (κ3) is 5.23. The quantitative estimate of drug-likeness (QED) is 0.547. The van der Waals surface area contributed by atoms with E-state index >= 15 is 0 Å². The van der Waals surface area contributed by atoms with Gasteiger partial charge >= 0.3 is 5.97 Å². The summed E-state index contributed by atoms with van der Waals surface area (Å²) in [5.41, 5.74) is 0.722. The second-order valence-corrected chi connectivity index (χ2v) is 6.40. The molecule has 5 nitrogen and oxygen atoms in total. The lowest BCUT2D eigenvalue weighted by atomic mass is 10.2. The Hall–Kier alpha value is -2.54. The van der Waals surface area contributed by atoms with Gasteiger partial charge in [-0.1, -0.05) is 12.1 Å². The average molecular weight is 377 g/mol. The van der Waals surface area contributed by atoms with Crippen molar-refractivity contribution in [2.75, 3.05) is 27.0 Å². The lowest BCUT2D eigenvalue weighted by Gasteiger charge is -2.17. The smallest absolute Gasteiger partial charge is 0.341 e. The molecule has 0 aliphatic rings. The van der Waals surface area contributed by atoms with Crippen molar-refractivity contribution in [3.63, 3.8) is 0 Å². The van der Waals surface area contributed by atoms with Crippen LogP contribution in [0.1, 0.15) is 15.9 Å². The van der Waals surface area contributed by atoms with Crippen LogP contribution in [0.15, 0.2) is 47.4 Å². The summed E-state index contributed by atoms with van der Waals surface area (Å²) in [5.74, 6) is -1.73. The highest BCUT2D eigenvalue weighted by Gasteiger charge is 2.17. The van der Waals surface area contributed by atoms with Gasteiger partial charge in [0.2, 0.25) is 0 Å². The molecule has 0 saturated carbocycles. The van der Waals surface area contributed by atoms with Gasteiger partial charge in [0.15, 0.2) is 6.61 Å². The van der Waals surface area contributed by atoms with Crippen molar-refractivity contribution in [3.05, 3.63) is 59.4 Å². The molecule has 26 heavy (non-hydrogen) atoms. The van der Waals surface area contributed by atoms with Crippen LogP contribution < -0.4 is 4.74 Å². The first kappa shape index (κ1) is 19.8. The number of nitrogens with zero attached hydrogens (tertiary/aromatic N) is 1. The van der Waals surface area contributed by atoms with Gasteiger partial charge in [-0.15, -0.1) is 11.8 Å². The van der Waals surface area contributed by atoms with Gasteiger partial charge in [0.25, 0.3) is 5.91 Å². The second-order valence-electron chi connectivity index (χ2n) is 5.52. The van der Waals surface area contributed by atoms with E-state index in [1.54, 1.807) is 18.8 Å². The van der Waals surface area contributed by atoms with Crippen LogP contribution in [-0.4, -0.2) is 43.8 Å². The average Bonchev–Trinajstić information content (AvgIpc) is 2.66. The number of hydrogen-bond donors (Lipinski definition) is 0. The Balaban J connectivity index is 1.89. The van der Waals surface area contributed by atoms with Gasteiger partial charge in [-0.3, -0.25) is 4.79 Å². The Labute approximate surface area is 156 Å². The van der Waals surface area contributed by atoms with E-state index in [-0.39, 0.29) is 11.5 Å². The normalized spacial score (nSPS) is 10.3. The van der Waals surface area contributed by atoms with Gasteiger partial charge in [-0.05, 0) is 36.1 Å². The molecule has 0 spiro atoms. The minimum absolute atomic E-state index is 0.242. The number of methoxy groups -OCH3 is 1. The molecule has 0 atom stereocenters. The third-order valence-electron chi connectivity index (χ3n) is 3.73. The summed E-state index contributed by atoms with van der Waals surface area (Å²) in [7, 11) is 3.02. The first-order chi connectivity index (χ1) is 12.4. The Morgan fingerprint density at radius 2 is 1.85 bits per heavy atom. The van der Waals surface area contributed by atoms with Gasteiger partial charge in [0.1, 0.15) is 11.6 Å². The number of esters is 1. The molecule has 0 aromatic heterocycles. The number of carbonyl (C=O) groups excluding carboxylic acids is 2. The molecule has 0 saturated heterocycles. The van der Waals surface area contributed by atoms with Crippen LogP contribution in [0.25, 0.3) is 0 Å². The first-order valence-corrected chi connectivity index (χ1v) is 9.04. The Kier molecular flexibility index (Phi) is 7.03. The number of carbonyl (C=O) groups is 2. The molecule has 0 unspecified atom stereocenters. The van der Waals surface area contributed by atoms with Crippen LogP contribution in [0.2, 0.25) is 0 Å². The van der Waals surface area contributed by atoms with E-state index in [0.29, 0.717) is 12.3 Å². The number of rotatable bonds is 7. The maximum Gasteiger partial charge on any atom is 0.341 e.